The van der Waals surface area contributed by atoms with Crippen LogP contribution in [0.25, 0.3) is 0 Å². The lowest BCUT2D eigenvalue weighted by Crippen LogP contribution is -2.21. The molecule has 2 atom stereocenters. The van der Waals surface area contributed by atoms with Gasteiger partial charge in [0.15, 0.2) is 0 Å². The second-order valence-corrected chi connectivity index (χ2v) is 5.19. The van der Waals surface area contributed by atoms with E-state index in [1.807, 2.05) is 12.1 Å². The Bertz CT molecular complexity index is 335. The Labute approximate surface area is 105 Å². The summed E-state index contributed by atoms with van der Waals surface area (Å²) in [5.74, 6) is 2.61. The molecule has 0 aliphatic carbocycles. The summed E-state index contributed by atoms with van der Waals surface area (Å²) in [7, 11) is 1.73. The van der Waals surface area contributed by atoms with Crippen molar-refractivity contribution in [1.29, 1.82) is 0 Å². The molecule has 2 heteroatoms. The fourth-order valence-electron chi connectivity index (χ4n) is 2.31. The van der Waals surface area contributed by atoms with Crippen LogP contribution in [-0.2, 0) is 0 Å². The van der Waals surface area contributed by atoms with Crippen LogP contribution in [-0.4, -0.2) is 13.7 Å². The smallest absolute Gasteiger partial charge is 0.122 e. The molecule has 0 spiro atoms. The summed E-state index contributed by atoms with van der Waals surface area (Å²) in [5.41, 5.74) is 7.13. The van der Waals surface area contributed by atoms with Crippen LogP contribution in [0.3, 0.4) is 0 Å². The summed E-state index contributed by atoms with van der Waals surface area (Å²) in [5, 5.41) is 0. The minimum absolute atomic E-state index is 0.480. The lowest BCUT2D eigenvalue weighted by molar-refractivity contribution is 0.362. The Kier molecular flexibility index (Phi) is 5.49. The molecule has 0 aromatic heterocycles. The van der Waals surface area contributed by atoms with E-state index in [4.69, 9.17) is 10.5 Å². The quantitative estimate of drug-likeness (QED) is 0.820. The van der Waals surface area contributed by atoms with E-state index in [1.54, 1.807) is 7.11 Å². The highest BCUT2D eigenvalue weighted by atomic mass is 16.5. The van der Waals surface area contributed by atoms with Crippen LogP contribution in [0.1, 0.15) is 38.7 Å². The fraction of sp³-hybridized carbons (Fsp3) is 0.600. The van der Waals surface area contributed by atoms with Gasteiger partial charge in [0.2, 0.25) is 0 Å². The minimum Gasteiger partial charge on any atom is -0.496 e. The van der Waals surface area contributed by atoms with Gasteiger partial charge in [0.05, 0.1) is 7.11 Å². The molecule has 1 aromatic carbocycles. The Morgan fingerprint density at radius 3 is 2.35 bits per heavy atom. The maximum absolute atomic E-state index is 5.84. The molecule has 17 heavy (non-hydrogen) atoms. The topological polar surface area (TPSA) is 35.2 Å². The highest BCUT2D eigenvalue weighted by Crippen LogP contribution is 2.36. The molecule has 2 unspecified atom stereocenters. The molecule has 0 aliphatic heterocycles. The second kappa shape index (κ2) is 6.65. The summed E-state index contributed by atoms with van der Waals surface area (Å²) < 4.78 is 5.46. The van der Waals surface area contributed by atoms with Crippen LogP contribution >= 0.6 is 0 Å². The molecule has 0 saturated carbocycles. The van der Waals surface area contributed by atoms with Crippen molar-refractivity contribution in [3.63, 3.8) is 0 Å². The van der Waals surface area contributed by atoms with Crippen LogP contribution < -0.4 is 10.5 Å². The van der Waals surface area contributed by atoms with E-state index >= 15 is 0 Å². The van der Waals surface area contributed by atoms with Crippen molar-refractivity contribution in [2.75, 3.05) is 13.7 Å². The number of hydrogen-bond acceptors (Lipinski definition) is 2. The van der Waals surface area contributed by atoms with E-state index < -0.39 is 0 Å². The molecule has 0 heterocycles. The zero-order valence-corrected chi connectivity index (χ0v) is 11.4. The number of ether oxygens (including phenoxy) is 1. The van der Waals surface area contributed by atoms with Crippen molar-refractivity contribution in [1.82, 2.24) is 0 Å². The van der Waals surface area contributed by atoms with Crippen LogP contribution in [0.2, 0.25) is 0 Å². The molecule has 2 N–H and O–H groups in total. The SMILES string of the molecule is COc1ccccc1C(CC(C)C)C(C)CN. The number of hydrogen-bond donors (Lipinski definition) is 1. The summed E-state index contributed by atoms with van der Waals surface area (Å²) in [4.78, 5) is 0. The number of benzene rings is 1. The van der Waals surface area contributed by atoms with E-state index in [1.165, 1.54) is 5.56 Å². The van der Waals surface area contributed by atoms with Crippen LogP contribution in [0.4, 0.5) is 0 Å². The molecule has 1 aromatic rings. The molecule has 0 radical (unpaired) electrons. The predicted molar refractivity (Wildman–Crippen MR) is 73.4 cm³/mol. The van der Waals surface area contributed by atoms with E-state index in [0.29, 0.717) is 17.8 Å². The van der Waals surface area contributed by atoms with Gasteiger partial charge in [-0.25, -0.2) is 0 Å². The van der Waals surface area contributed by atoms with Crippen molar-refractivity contribution >= 4 is 0 Å². The molecule has 0 amide bonds. The molecule has 2 nitrogen and oxygen atoms in total. The Hall–Kier alpha value is -1.02. The molecule has 0 aliphatic rings. The third-order valence-electron chi connectivity index (χ3n) is 3.32. The van der Waals surface area contributed by atoms with Gasteiger partial charge in [0.25, 0.3) is 0 Å². The van der Waals surface area contributed by atoms with Gasteiger partial charge in [-0.3, -0.25) is 0 Å². The molecule has 0 fully saturated rings. The van der Waals surface area contributed by atoms with Gasteiger partial charge in [-0.05, 0) is 42.3 Å². The van der Waals surface area contributed by atoms with Crippen molar-refractivity contribution in [2.24, 2.45) is 17.6 Å². The normalized spacial score (nSPS) is 14.7. The monoisotopic (exact) mass is 235 g/mol. The molecular weight excluding hydrogens is 210 g/mol. The first kappa shape index (κ1) is 14.0. The predicted octanol–water partition coefficient (Wildman–Crippen LogP) is 3.42. The van der Waals surface area contributed by atoms with Gasteiger partial charge in [-0.2, -0.15) is 0 Å². The minimum atomic E-state index is 0.480. The van der Waals surface area contributed by atoms with E-state index in [2.05, 4.69) is 32.9 Å². The molecule has 0 saturated heterocycles. The second-order valence-electron chi connectivity index (χ2n) is 5.19. The molecule has 96 valence electrons. The zero-order valence-electron chi connectivity index (χ0n) is 11.4. The van der Waals surface area contributed by atoms with E-state index in [0.717, 1.165) is 18.7 Å². The van der Waals surface area contributed by atoms with E-state index in [-0.39, 0.29) is 0 Å². The highest BCUT2D eigenvalue weighted by molar-refractivity contribution is 5.36. The largest absolute Gasteiger partial charge is 0.496 e. The third-order valence-corrected chi connectivity index (χ3v) is 3.32. The Morgan fingerprint density at radius 1 is 1.18 bits per heavy atom. The zero-order chi connectivity index (χ0) is 12.8. The van der Waals surface area contributed by atoms with Crippen molar-refractivity contribution < 1.29 is 4.74 Å². The number of rotatable bonds is 6. The summed E-state index contributed by atoms with van der Waals surface area (Å²) in [6, 6.07) is 8.29. The average Bonchev–Trinajstić information content (AvgIpc) is 2.34. The van der Waals surface area contributed by atoms with Gasteiger partial charge < -0.3 is 10.5 Å². The third kappa shape index (κ3) is 3.74. The summed E-state index contributed by atoms with van der Waals surface area (Å²) in [6.45, 7) is 7.45. The van der Waals surface area contributed by atoms with Crippen molar-refractivity contribution in [3.8, 4) is 5.75 Å². The molecular formula is C15H25NO. The maximum atomic E-state index is 5.84. The Morgan fingerprint density at radius 2 is 1.82 bits per heavy atom. The van der Waals surface area contributed by atoms with E-state index in [9.17, 15) is 0 Å². The highest BCUT2D eigenvalue weighted by Gasteiger charge is 2.22. The van der Waals surface area contributed by atoms with Crippen LogP contribution in [0.5, 0.6) is 5.75 Å². The van der Waals surface area contributed by atoms with Crippen LogP contribution in [0.15, 0.2) is 24.3 Å². The number of methoxy groups -OCH3 is 1. The molecule has 0 bridgehead atoms. The standard InChI is InChI=1S/C15H25NO/c1-11(2)9-14(12(3)10-16)13-7-5-6-8-15(13)17-4/h5-8,11-12,14H,9-10,16H2,1-4H3. The van der Waals surface area contributed by atoms with Gasteiger partial charge >= 0.3 is 0 Å². The number of para-hydroxylation sites is 1. The first-order valence-corrected chi connectivity index (χ1v) is 6.43. The van der Waals surface area contributed by atoms with Crippen molar-refractivity contribution in [2.45, 2.75) is 33.1 Å². The van der Waals surface area contributed by atoms with Gasteiger partial charge in [-0.15, -0.1) is 0 Å². The maximum Gasteiger partial charge on any atom is 0.122 e. The fourth-order valence-corrected chi connectivity index (χ4v) is 2.31. The first-order chi connectivity index (χ1) is 8.10. The lowest BCUT2D eigenvalue weighted by atomic mass is 9.81. The molecule has 1 rings (SSSR count). The van der Waals surface area contributed by atoms with Gasteiger partial charge in [0.1, 0.15) is 5.75 Å². The van der Waals surface area contributed by atoms with Gasteiger partial charge in [0, 0.05) is 0 Å². The summed E-state index contributed by atoms with van der Waals surface area (Å²) >= 11 is 0. The Balaban J connectivity index is 3.03. The average molecular weight is 235 g/mol. The summed E-state index contributed by atoms with van der Waals surface area (Å²) in [6.07, 6.45) is 1.15. The number of nitrogens with two attached hydrogens (primary N) is 1. The van der Waals surface area contributed by atoms with Crippen LogP contribution in [0, 0.1) is 11.8 Å². The van der Waals surface area contributed by atoms with Crippen molar-refractivity contribution in [3.05, 3.63) is 29.8 Å². The van der Waals surface area contributed by atoms with Gasteiger partial charge in [-0.1, -0.05) is 39.0 Å². The first-order valence-electron chi connectivity index (χ1n) is 6.43. The lowest BCUT2D eigenvalue weighted by Gasteiger charge is -2.26.